The lowest BCUT2D eigenvalue weighted by Crippen LogP contribution is -2.32. The molecule has 0 bridgehead atoms. The summed E-state index contributed by atoms with van der Waals surface area (Å²) in [6.07, 6.45) is 3.18. The van der Waals surface area contributed by atoms with E-state index in [0.717, 1.165) is 37.8 Å². The molecule has 0 atom stereocenters. The maximum Gasteiger partial charge on any atom is 0.227 e. The van der Waals surface area contributed by atoms with Gasteiger partial charge in [-0.15, -0.1) is 0 Å². The van der Waals surface area contributed by atoms with E-state index in [4.69, 9.17) is 28.9 Å². The molecule has 0 unspecified atom stereocenters. The molecular formula is C13H15Cl2FN2O. The molecule has 1 aliphatic carbocycles. The minimum atomic E-state index is -0.531. The van der Waals surface area contributed by atoms with Crippen LogP contribution in [0.15, 0.2) is 12.1 Å². The molecule has 0 aliphatic heterocycles. The molecule has 2 rings (SSSR count). The van der Waals surface area contributed by atoms with Gasteiger partial charge in [-0.3, -0.25) is 4.79 Å². The van der Waals surface area contributed by atoms with E-state index in [1.165, 1.54) is 0 Å². The minimum absolute atomic E-state index is 0.0861. The fourth-order valence-electron chi connectivity index (χ4n) is 2.27. The molecule has 0 spiro atoms. The minimum Gasteiger partial charge on any atom is -0.328 e. The van der Waals surface area contributed by atoms with Gasteiger partial charge >= 0.3 is 0 Å². The Balaban J connectivity index is 2.07. The maximum atomic E-state index is 13.0. The lowest BCUT2D eigenvalue weighted by Gasteiger charge is -2.25. The Morgan fingerprint density at radius 1 is 1.21 bits per heavy atom. The van der Waals surface area contributed by atoms with Crippen molar-refractivity contribution in [1.29, 1.82) is 0 Å². The summed E-state index contributed by atoms with van der Waals surface area (Å²) in [6.45, 7) is 0. The topological polar surface area (TPSA) is 55.1 Å². The van der Waals surface area contributed by atoms with Gasteiger partial charge in [-0.25, -0.2) is 4.39 Å². The molecule has 6 heteroatoms. The highest BCUT2D eigenvalue weighted by Gasteiger charge is 2.25. The summed E-state index contributed by atoms with van der Waals surface area (Å²) in [5.74, 6) is -0.754. The van der Waals surface area contributed by atoms with E-state index in [1.54, 1.807) is 0 Å². The van der Waals surface area contributed by atoms with E-state index in [0.29, 0.717) is 0 Å². The highest BCUT2D eigenvalue weighted by Crippen LogP contribution is 2.33. The Hall–Kier alpha value is -0.840. The molecule has 1 saturated carbocycles. The molecule has 1 amide bonds. The summed E-state index contributed by atoms with van der Waals surface area (Å²) in [6, 6.07) is 2.43. The van der Waals surface area contributed by atoms with Crippen LogP contribution in [0.1, 0.15) is 25.7 Å². The lowest BCUT2D eigenvalue weighted by atomic mass is 9.86. The highest BCUT2D eigenvalue weighted by atomic mass is 35.5. The standard InChI is InChI=1S/C13H15Cl2FN2O/c14-10-5-8(16)6-11(15)12(10)18-13(19)7-1-3-9(17)4-2-7/h5-7,9H,1-4,17H2,(H,18,19). The third-order valence-electron chi connectivity index (χ3n) is 3.40. The van der Waals surface area contributed by atoms with Crippen molar-refractivity contribution in [3.63, 3.8) is 0 Å². The van der Waals surface area contributed by atoms with E-state index in [1.807, 2.05) is 0 Å². The average Bonchev–Trinajstić information content (AvgIpc) is 2.34. The first kappa shape index (κ1) is 14.6. The first-order valence-electron chi connectivity index (χ1n) is 6.18. The van der Waals surface area contributed by atoms with E-state index in [9.17, 15) is 9.18 Å². The van der Waals surface area contributed by atoms with Crippen LogP contribution in [0.5, 0.6) is 0 Å². The quantitative estimate of drug-likeness (QED) is 0.877. The number of carbonyl (C=O) groups excluding carboxylic acids is 1. The second-order valence-electron chi connectivity index (χ2n) is 4.85. The van der Waals surface area contributed by atoms with Gasteiger partial charge in [0, 0.05) is 12.0 Å². The van der Waals surface area contributed by atoms with Crippen LogP contribution >= 0.6 is 23.2 Å². The number of halogens is 3. The van der Waals surface area contributed by atoms with E-state index in [-0.39, 0.29) is 33.6 Å². The summed E-state index contributed by atoms with van der Waals surface area (Å²) >= 11 is 11.8. The third-order valence-corrected chi connectivity index (χ3v) is 3.99. The smallest absolute Gasteiger partial charge is 0.227 e. The van der Waals surface area contributed by atoms with Crippen molar-refractivity contribution in [2.24, 2.45) is 11.7 Å². The Labute approximate surface area is 121 Å². The normalized spacial score (nSPS) is 23.2. The molecule has 0 saturated heterocycles. The lowest BCUT2D eigenvalue weighted by molar-refractivity contribution is -0.120. The zero-order valence-electron chi connectivity index (χ0n) is 10.3. The van der Waals surface area contributed by atoms with Gasteiger partial charge in [-0.2, -0.15) is 0 Å². The zero-order valence-corrected chi connectivity index (χ0v) is 11.8. The molecule has 0 radical (unpaired) electrons. The van der Waals surface area contributed by atoms with Crippen molar-refractivity contribution in [3.8, 4) is 0 Å². The molecule has 1 aromatic carbocycles. The molecule has 1 aromatic rings. The van der Waals surface area contributed by atoms with Crippen molar-refractivity contribution in [2.75, 3.05) is 5.32 Å². The van der Waals surface area contributed by atoms with Crippen LogP contribution in [-0.4, -0.2) is 11.9 Å². The van der Waals surface area contributed by atoms with Gasteiger partial charge in [0.05, 0.1) is 15.7 Å². The number of rotatable bonds is 2. The van der Waals surface area contributed by atoms with Crippen LogP contribution in [0.2, 0.25) is 10.0 Å². The zero-order chi connectivity index (χ0) is 14.0. The van der Waals surface area contributed by atoms with Crippen molar-refractivity contribution >= 4 is 34.8 Å². The van der Waals surface area contributed by atoms with Crippen LogP contribution in [0.4, 0.5) is 10.1 Å². The highest BCUT2D eigenvalue weighted by molar-refractivity contribution is 6.39. The van der Waals surface area contributed by atoms with E-state index < -0.39 is 5.82 Å². The van der Waals surface area contributed by atoms with Gasteiger partial charge in [0.25, 0.3) is 0 Å². The fourth-order valence-corrected chi connectivity index (χ4v) is 2.82. The molecule has 3 N–H and O–H groups in total. The van der Waals surface area contributed by atoms with Crippen LogP contribution in [-0.2, 0) is 4.79 Å². The van der Waals surface area contributed by atoms with Crippen molar-refractivity contribution < 1.29 is 9.18 Å². The number of amides is 1. The Bertz CT molecular complexity index is 465. The van der Waals surface area contributed by atoms with Crippen LogP contribution in [0.25, 0.3) is 0 Å². The van der Waals surface area contributed by atoms with Crippen LogP contribution in [0.3, 0.4) is 0 Å². The largest absolute Gasteiger partial charge is 0.328 e. The monoisotopic (exact) mass is 304 g/mol. The second kappa shape index (κ2) is 6.07. The number of hydrogen-bond acceptors (Lipinski definition) is 2. The van der Waals surface area contributed by atoms with Gasteiger partial charge in [-0.1, -0.05) is 23.2 Å². The third kappa shape index (κ3) is 3.59. The van der Waals surface area contributed by atoms with Crippen molar-refractivity contribution in [1.82, 2.24) is 0 Å². The molecule has 0 aromatic heterocycles. The second-order valence-corrected chi connectivity index (χ2v) is 5.66. The Morgan fingerprint density at radius 2 is 1.74 bits per heavy atom. The van der Waals surface area contributed by atoms with E-state index >= 15 is 0 Å². The summed E-state index contributed by atoms with van der Waals surface area (Å²) in [4.78, 5) is 12.1. The maximum absolute atomic E-state index is 13.0. The Kier molecular flexibility index (Phi) is 4.66. The SMILES string of the molecule is NC1CCC(C(=O)Nc2c(Cl)cc(F)cc2Cl)CC1. The molecule has 1 aliphatic rings. The molecule has 19 heavy (non-hydrogen) atoms. The number of carbonyl (C=O) groups is 1. The van der Waals surface area contributed by atoms with Gasteiger partial charge in [-0.05, 0) is 37.8 Å². The number of nitrogens with one attached hydrogen (secondary N) is 1. The van der Waals surface area contributed by atoms with Crippen molar-refractivity contribution in [2.45, 2.75) is 31.7 Å². The summed E-state index contributed by atoms with van der Waals surface area (Å²) < 4.78 is 13.0. The van der Waals surface area contributed by atoms with Gasteiger partial charge in [0.15, 0.2) is 0 Å². The molecular weight excluding hydrogens is 290 g/mol. The average molecular weight is 305 g/mol. The number of hydrogen-bond donors (Lipinski definition) is 2. The molecule has 1 fully saturated rings. The molecule has 0 heterocycles. The summed E-state index contributed by atoms with van der Waals surface area (Å²) in [5, 5.41) is 2.89. The fraction of sp³-hybridized carbons (Fsp3) is 0.462. The van der Waals surface area contributed by atoms with Gasteiger partial charge in [0.2, 0.25) is 5.91 Å². The first-order chi connectivity index (χ1) is 8.97. The Morgan fingerprint density at radius 3 is 2.26 bits per heavy atom. The van der Waals surface area contributed by atoms with Crippen LogP contribution in [0, 0.1) is 11.7 Å². The number of nitrogens with two attached hydrogens (primary N) is 1. The van der Waals surface area contributed by atoms with Crippen LogP contribution < -0.4 is 11.1 Å². The molecule has 104 valence electrons. The summed E-state index contributed by atoms with van der Waals surface area (Å²) in [7, 11) is 0. The van der Waals surface area contributed by atoms with Gasteiger partial charge < -0.3 is 11.1 Å². The van der Waals surface area contributed by atoms with Gasteiger partial charge in [0.1, 0.15) is 5.82 Å². The molecule has 3 nitrogen and oxygen atoms in total. The predicted molar refractivity (Wildman–Crippen MR) is 75.0 cm³/mol. The van der Waals surface area contributed by atoms with E-state index in [2.05, 4.69) is 5.32 Å². The number of benzene rings is 1. The number of anilines is 1. The first-order valence-corrected chi connectivity index (χ1v) is 6.94. The predicted octanol–water partition coefficient (Wildman–Crippen LogP) is 3.59. The summed E-state index contributed by atoms with van der Waals surface area (Å²) in [5.41, 5.74) is 6.07. The van der Waals surface area contributed by atoms with Crippen molar-refractivity contribution in [3.05, 3.63) is 28.0 Å².